The highest BCUT2D eigenvalue weighted by molar-refractivity contribution is 6.41. The number of ether oxygens (including phenoxy) is 1. The number of hydrogen-bond acceptors (Lipinski definition) is 3. The highest BCUT2D eigenvalue weighted by atomic mass is 35.5. The normalized spacial score (nSPS) is 19.2. The van der Waals surface area contributed by atoms with Crippen molar-refractivity contribution >= 4 is 29.1 Å². The molecule has 0 aromatic carbocycles. The van der Waals surface area contributed by atoms with Crippen molar-refractivity contribution in [3.8, 4) is 0 Å². The van der Waals surface area contributed by atoms with Gasteiger partial charge < -0.3 is 10.1 Å². The van der Waals surface area contributed by atoms with E-state index in [1.807, 2.05) is 0 Å². The third kappa shape index (κ3) is 3.81. The first kappa shape index (κ1) is 14.6. The van der Waals surface area contributed by atoms with E-state index in [0.717, 1.165) is 19.4 Å². The Morgan fingerprint density at radius 3 is 3.05 bits per heavy atom. The van der Waals surface area contributed by atoms with E-state index in [2.05, 4.69) is 10.3 Å². The average Bonchev–Trinajstić information content (AvgIpc) is 2.41. The van der Waals surface area contributed by atoms with E-state index in [4.69, 9.17) is 27.9 Å². The Kier molecular flexibility index (Phi) is 5.02. The molecule has 0 bridgehead atoms. The molecular weight excluding hydrogens is 287 g/mol. The molecule has 1 saturated heterocycles. The Balaban J connectivity index is 1.97. The SMILES string of the molecule is Cc1nc(Cl)c(Cl)cc1C(=O)NC[C@H]1CCCOC1. The molecule has 0 saturated carbocycles. The van der Waals surface area contributed by atoms with Gasteiger partial charge in [-0.2, -0.15) is 0 Å². The van der Waals surface area contributed by atoms with E-state index in [0.29, 0.717) is 35.3 Å². The van der Waals surface area contributed by atoms with Crippen LogP contribution < -0.4 is 5.32 Å². The number of carbonyl (C=O) groups excluding carboxylic acids is 1. The van der Waals surface area contributed by atoms with Gasteiger partial charge in [-0.15, -0.1) is 0 Å². The number of nitrogens with one attached hydrogen (secondary N) is 1. The maximum Gasteiger partial charge on any atom is 0.253 e. The number of pyridine rings is 1. The Morgan fingerprint density at radius 1 is 1.58 bits per heavy atom. The fourth-order valence-electron chi connectivity index (χ4n) is 2.08. The minimum absolute atomic E-state index is 0.172. The molecule has 1 amide bonds. The number of nitrogens with zero attached hydrogens (tertiary/aromatic N) is 1. The molecule has 2 heterocycles. The van der Waals surface area contributed by atoms with Gasteiger partial charge in [0.25, 0.3) is 5.91 Å². The molecule has 1 aliphatic heterocycles. The Hall–Kier alpha value is -0.840. The second kappa shape index (κ2) is 6.55. The minimum atomic E-state index is -0.172. The quantitative estimate of drug-likeness (QED) is 0.874. The number of aryl methyl sites for hydroxylation is 1. The fourth-order valence-corrected chi connectivity index (χ4v) is 2.41. The van der Waals surface area contributed by atoms with Crippen LogP contribution in [0.5, 0.6) is 0 Å². The second-order valence-electron chi connectivity index (χ2n) is 4.69. The summed E-state index contributed by atoms with van der Waals surface area (Å²) in [4.78, 5) is 16.1. The lowest BCUT2D eigenvalue weighted by atomic mass is 10.0. The van der Waals surface area contributed by atoms with Crippen LogP contribution in [0, 0.1) is 12.8 Å². The first-order valence-corrected chi connectivity index (χ1v) is 7.02. The van der Waals surface area contributed by atoms with E-state index in [1.165, 1.54) is 0 Å². The predicted molar refractivity (Wildman–Crippen MR) is 74.9 cm³/mol. The van der Waals surface area contributed by atoms with Gasteiger partial charge in [-0.1, -0.05) is 23.2 Å². The third-order valence-corrected chi connectivity index (χ3v) is 3.85. The van der Waals surface area contributed by atoms with Gasteiger partial charge in [0.15, 0.2) is 0 Å². The molecule has 104 valence electrons. The third-order valence-electron chi connectivity index (χ3n) is 3.17. The molecule has 1 fully saturated rings. The molecule has 1 aliphatic rings. The maximum absolute atomic E-state index is 12.1. The summed E-state index contributed by atoms with van der Waals surface area (Å²) >= 11 is 11.7. The van der Waals surface area contributed by atoms with Crippen molar-refractivity contribution < 1.29 is 9.53 Å². The van der Waals surface area contributed by atoms with Gasteiger partial charge in [0.1, 0.15) is 5.15 Å². The Bertz CT molecular complexity index is 474. The molecule has 4 nitrogen and oxygen atoms in total. The van der Waals surface area contributed by atoms with E-state index in [9.17, 15) is 4.79 Å². The smallest absolute Gasteiger partial charge is 0.253 e. The maximum atomic E-state index is 12.1. The monoisotopic (exact) mass is 302 g/mol. The molecule has 0 spiro atoms. The standard InChI is InChI=1S/C13H16Cl2N2O2/c1-8-10(5-11(14)12(15)17-8)13(18)16-6-9-3-2-4-19-7-9/h5,9H,2-4,6-7H2,1H3,(H,16,18)/t9-/m1/s1. The highest BCUT2D eigenvalue weighted by Gasteiger charge is 2.17. The van der Waals surface area contributed by atoms with Crippen LogP contribution in [-0.2, 0) is 4.74 Å². The van der Waals surface area contributed by atoms with Crippen molar-refractivity contribution in [3.05, 3.63) is 27.5 Å². The fraction of sp³-hybridized carbons (Fsp3) is 0.538. The first-order chi connectivity index (χ1) is 9.08. The summed E-state index contributed by atoms with van der Waals surface area (Å²) in [6, 6.07) is 1.55. The summed E-state index contributed by atoms with van der Waals surface area (Å²) in [5.74, 6) is 0.211. The van der Waals surface area contributed by atoms with Crippen molar-refractivity contribution in [1.82, 2.24) is 10.3 Å². The van der Waals surface area contributed by atoms with Crippen LogP contribution >= 0.6 is 23.2 Å². The van der Waals surface area contributed by atoms with Gasteiger partial charge in [0, 0.05) is 13.2 Å². The van der Waals surface area contributed by atoms with Gasteiger partial charge in [-0.05, 0) is 31.7 Å². The molecule has 19 heavy (non-hydrogen) atoms. The Labute approximate surface area is 122 Å². The zero-order valence-corrected chi connectivity index (χ0v) is 12.2. The van der Waals surface area contributed by atoms with E-state index >= 15 is 0 Å². The highest BCUT2D eigenvalue weighted by Crippen LogP contribution is 2.22. The molecule has 1 aromatic heterocycles. The van der Waals surface area contributed by atoms with Crippen LogP contribution in [0.1, 0.15) is 28.9 Å². The van der Waals surface area contributed by atoms with Crippen molar-refractivity contribution in [2.45, 2.75) is 19.8 Å². The van der Waals surface area contributed by atoms with Crippen molar-refractivity contribution in [3.63, 3.8) is 0 Å². The van der Waals surface area contributed by atoms with E-state index in [1.54, 1.807) is 13.0 Å². The predicted octanol–water partition coefficient (Wildman–Crippen LogP) is 2.85. The zero-order valence-electron chi connectivity index (χ0n) is 10.7. The molecule has 0 aliphatic carbocycles. The molecule has 1 N–H and O–H groups in total. The molecule has 2 rings (SSSR count). The largest absolute Gasteiger partial charge is 0.381 e. The van der Waals surface area contributed by atoms with Crippen LogP contribution in [0.4, 0.5) is 0 Å². The minimum Gasteiger partial charge on any atom is -0.381 e. The van der Waals surface area contributed by atoms with Crippen LogP contribution in [0.15, 0.2) is 6.07 Å². The first-order valence-electron chi connectivity index (χ1n) is 6.26. The van der Waals surface area contributed by atoms with Crippen molar-refractivity contribution in [2.24, 2.45) is 5.92 Å². The van der Waals surface area contributed by atoms with Crippen molar-refractivity contribution in [2.75, 3.05) is 19.8 Å². The molecule has 0 unspecified atom stereocenters. The average molecular weight is 303 g/mol. The van der Waals surface area contributed by atoms with E-state index in [-0.39, 0.29) is 11.1 Å². The molecule has 1 aromatic rings. The van der Waals surface area contributed by atoms with Crippen LogP contribution in [0.3, 0.4) is 0 Å². The number of aromatic nitrogens is 1. The van der Waals surface area contributed by atoms with E-state index < -0.39 is 0 Å². The summed E-state index contributed by atoms with van der Waals surface area (Å²) in [5, 5.41) is 3.40. The van der Waals surface area contributed by atoms with Crippen LogP contribution in [0.25, 0.3) is 0 Å². The number of halogens is 2. The summed E-state index contributed by atoms with van der Waals surface area (Å²) in [6.07, 6.45) is 2.13. The van der Waals surface area contributed by atoms with Crippen LogP contribution in [-0.4, -0.2) is 30.6 Å². The summed E-state index contributed by atoms with van der Waals surface area (Å²) in [7, 11) is 0. The van der Waals surface area contributed by atoms with Gasteiger partial charge >= 0.3 is 0 Å². The van der Waals surface area contributed by atoms with Gasteiger partial charge in [0.05, 0.1) is 22.9 Å². The topological polar surface area (TPSA) is 51.2 Å². The van der Waals surface area contributed by atoms with Gasteiger partial charge in [0.2, 0.25) is 0 Å². The molecule has 6 heteroatoms. The zero-order chi connectivity index (χ0) is 13.8. The van der Waals surface area contributed by atoms with Gasteiger partial charge in [-0.3, -0.25) is 4.79 Å². The lowest BCUT2D eigenvalue weighted by Gasteiger charge is -2.22. The lowest BCUT2D eigenvalue weighted by molar-refractivity contribution is 0.0536. The summed E-state index contributed by atoms with van der Waals surface area (Å²) in [6.45, 7) is 3.87. The Morgan fingerprint density at radius 2 is 2.37 bits per heavy atom. The summed E-state index contributed by atoms with van der Waals surface area (Å²) < 4.78 is 5.38. The second-order valence-corrected chi connectivity index (χ2v) is 5.45. The molecule has 0 radical (unpaired) electrons. The number of amides is 1. The lowest BCUT2D eigenvalue weighted by Crippen LogP contribution is -2.33. The van der Waals surface area contributed by atoms with Gasteiger partial charge in [-0.25, -0.2) is 4.98 Å². The van der Waals surface area contributed by atoms with Crippen LogP contribution in [0.2, 0.25) is 10.2 Å². The van der Waals surface area contributed by atoms with Crippen molar-refractivity contribution in [1.29, 1.82) is 0 Å². The number of carbonyl (C=O) groups is 1. The molecule has 1 atom stereocenters. The summed E-state index contributed by atoms with van der Waals surface area (Å²) in [5.41, 5.74) is 1.04. The number of hydrogen-bond donors (Lipinski definition) is 1. The number of rotatable bonds is 3. The molecular formula is C13H16Cl2N2O2.